The van der Waals surface area contributed by atoms with Crippen LogP contribution in [0.15, 0.2) is 170 Å². The Labute approximate surface area is 364 Å². The van der Waals surface area contributed by atoms with Crippen LogP contribution >= 0.6 is 0 Å². The quantitative estimate of drug-likeness (QED) is 0.185. The fourth-order valence-corrected chi connectivity index (χ4v) is 13.8. The van der Waals surface area contributed by atoms with Crippen LogP contribution in [0.25, 0.3) is 0 Å². The van der Waals surface area contributed by atoms with E-state index in [0.717, 1.165) is 37.1 Å². The van der Waals surface area contributed by atoms with E-state index in [4.69, 9.17) is 0 Å². The third kappa shape index (κ3) is 5.12. The van der Waals surface area contributed by atoms with Gasteiger partial charge in [0.2, 0.25) is 0 Å². The van der Waals surface area contributed by atoms with Crippen LogP contribution in [0.4, 0.5) is 0 Å². The van der Waals surface area contributed by atoms with Crippen molar-refractivity contribution in [3.63, 3.8) is 0 Å². The molecule has 6 nitrogen and oxygen atoms in total. The highest BCUT2D eigenvalue weighted by Gasteiger charge is 2.76. The molecule has 62 heavy (non-hydrogen) atoms. The van der Waals surface area contributed by atoms with E-state index < -0.39 is 32.9 Å². The zero-order valence-corrected chi connectivity index (χ0v) is 35.6. The second-order valence-electron chi connectivity index (χ2n) is 19.6. The highest BCUT2D eigenvalue weighted by atomic mass is 16.3. The van der Waals surface area contributed by atoms with Gasteiger partial charge in [0.1, 0.15) is 0 Å². The largest absolute Gasteiger partial charge is 0.377 e. The molecule has 0 amide bonds. The van der Waals surface area contributed by atoms with Crippen LogP contribution in [0.1, 0.15) is 83.3 Å². The Morgan fingerprint density at radius 3 is 1.10 bits per heavy atom. The fraction of sp³-hybridized carbons (Fsp3) is 0.321. The second-order valence-corrected chi connectivity index (χ2v) is 19.6. The third-order valence-corrected chi connectivity index (χ3v) is 16.3. The van der Waals surface area contributed by atoms with Crippen molar-refractivity contribution < 1.29 is 19.8 Å². The summed E-state index contributed by atoms with van der Waals surface area (Å²) < 4.78 is 0. The van der Waals surface area contributed by atoms with Gasteiger partial charge in [-0.2, -0.15) is 0 Å². The minimum atomic E-state index is -1.52. The molecular formula is C56H54N2O4. The van der Waals surface area contributed by atoms with Crippen LogP contribution in [-0.2, 0) is 44.5 Å². The van der Waals surface area contributed by atoms with E-state index in [1.807, 2.05) is 97.1 Å². The Morgan fingerprint density at radius 2 is 0.742 bits per heavy atom. The predicted molar refractivity (Wildman–Crippen MR) is 241 cm³/mol. The molecule has 6 aromatic rings. The average Bonchev–Trinajstić information content (AvgIpc) is 3.56. The summed E-state index contributed by atoms with van der Waals surface area (Å²) in [5, 5.41) is 24.6. The lowest BCUT2D eigenvalue weighted by atomic mass is 9.63. The van der Waals surface area contributed by atoms with Crippen LogP contribution in [0.3, 0.4) is 0 Å². The van der Waals surface area contributed by atoms with Gasteiger partial charge < -0.3 is 10.2 Å². The molecular weight excluding hydrogens is 765 g/mol. The Hall–Kier alpha value is -5.50. The number of hydrogen-bond acceptors (Lipinski definition) is 6. The molecule has 8 atom stereocenters. The number of benzene rings is 6. The minimum Gasteiger partial charge on any atom is -0.377 e. The lowest BCUT2D eigenvalue weighted by Crippen LogP contribution is -2.55. The molecule has 4 bridgehead atoms. The monoisotopic (exact) mass is 818 g/mol. The van der Waals surface area contributed by atoms with Crippen molar-refractivity contribution in [3.05, 3.63) is 214 Å². The number of fused-ring (bicyclic) bond motifs is 12. The smallest absolute Gasteiger partial charge is 0.181 e. The number of Topliss-reactive ketones (excluding diaryl/α,β-unsaturated/α-hetero) is 2. The van der Waals surface area contributed by atoms with Crippen LogP contribution < -0.4 is 0 Å². The van der Waals surface area contributed by atoms with Crippen molar-refractivity contribution in [2.75, 3.05) is 26.2 Å². The van der Waals surface area contributed by atoms with Gasteiger partial charge in [0.25, 0.3) is 0 Å². The molecule has 0 radical (unpaired) electrons. The summed E-state index contributed by atoms with van der Waals surface area (Å²) in [6.07, 6.45) is 3.24. The molecule has 312 valence electrons. The van der Waals surface area contributed by atoms with Gasteiger partial charge >= 0.3 is 0 Å². The first-order chi connectivity index (χ1) is 30.0. The number of hydrogen-bond donors (Lipinski definition) is 2. The highest BCUT2D eigenvalue weighted by molar-refractivity contribution is 6.03. The number of carbonyl (C=O) groups excluding carboxylic acids is 2. The number of nitrogens with zero attached hydrogens (tertiary/aromatic N) is 2. The molecule has 2 saturated heterocycles. The van der Waals surface area contributed by atoms with E-state index in [-0.39, 0.29) is 23.7 Å². The number of rotatable bonds is 4. The maximum Gasteiger partial charge on any atom is 0.181 e. The van der Waals surface area contributed by atoms with Crippen LogP contribution in [0, 0.1) is 10.8 Å². The van der Waals surface area contributed by atoms with Gasteiger partial charge in [-0.3, -0.25) is 19.4 Å². The van der Waals surface area contributed by atoms with Gasteiger partial charge in [-0.15, -0.1) is 0 Å². The molecule has 4 heterocycles. The van der Waals surface area contributed by atoms with Gasteiger partial charge in [-0.1, -0.05) is 184 Å². The Balaban J connectivity index is 0.000000139. The molecule has 2 aliphatic carbocycles. The van der Waals surface area contributed by atoms with Crippen molar-refractivity contribution >= 4 is 11.6 Å². The van der Waals surface area contributed by atoms with Crippen molar-refractivity contribution in [2.45, 2.75) is 73.6 Å². The summed E-state index contributed by atoms with van der Waals surface area (Å²) >= 11 is 0. The summed E-state index contributed by atoms with van der Waals surface area (Å²) in [7, 11) is 0. The molecule has 0 spiro atoms. The summed E-state index contributed by atoms with van der Waals surface area (Å²) in [4.78, 5) is 34.2. The predicted octanol–water partition coefficient (Wildman–Crippen LogP) is 8.81. The van der Waals surface area contributed by atoms with Gasteiger partial charge in [-0.25, -0.2) is 0 Å². The van der Waals surface area contributed by atoms with Crippen LogP contribution in [-0.4, -0.2) is 57.8 Å². The molecule has 2 saturated carbocycles. The topological polar surface area (TPSA) is 81.1 Å². The minimum absolute atomic E-state index is 0.0518. The van der Waals surface area contributed by atoms with Crippen molar-refractivity contribution in [1.29, 1.82) is 0 Å². The fourth-order valence-electron chi connectivity index (χ4n) is 13.8. The van der Waals surface area contributed by atoms with Gasteiger partial charge in [0, 0.05) is 37.0 Å². The first-order valence-corrected chi connectivity index (χ1v) is 22.4. The van der Waals surface area contributed by atoms with Crippen molar-refractivity contribution in [1.82, 2.24) is 9.80 Å². The normalized spacial score (nSPS) is 34.3. The summed E-state index contributed by atoms with van der Waals surface area (Å²) in [5.41, 5.74) is 2.87. The summed E-state index contributed by atoms with van der Waals surface area (Å²) in [6, 6.07) is 56.6. The molecule has 4 fully saturated rings. The van der Waals surface area contributed by atoms with E-state index in [1.165, 1.54) is 22.3 Å². The molecule has 6 aliphatic rings. The third-order valence-electron chi connectivity index (χ3n) is 16.3. The van der Waals surface area contributed by atoms with Gasteiger partial charge in [0.05, 0.1) is 22.9 Å². The second kappa shape index (κ2) is 14.0. The Kier molecular flexibility index (Phi) is 8.89. The van der Waals surface area contributed by atoms with Gasteiger partial charge in [0.15, 0.2) is 22.8 Å². The number of aliphatic hydroxyl groups is 2. The van der Waals surface area contributed by atoms with Crippen LogP contribution in [0.2, 0.25) is 0 Å². The summed E-state index contributed by atoms with van der Waals surface area (Å²) in [6.45, 7) is 7.45. The standard InChI is InChI=1S/2C28H27NO2/c2*1-26-18-27(21-11-4-2-5-12-21,25(30)28(26,31)22-13-6-3-7-14-22)24-23-15-9-8-10-20(23)16-17-29(24)19-26/h2*2-15,24,31H,16-19H2,1H3/t2*24-,26-,27-,28+/m10/s1. The maximum absolute atomic E-state index is 14.6. The first-order valence-electron chi connectivity index (χ1n) is 22.4. The van der Waals surface area contributed by atoms with E-state index in [2.05, 4.69) is 96.4 Å². The molecule has 0 unspecified atom stereocenters. The van der Waals surface area contributed by atoms with Gasteiger partial charge in [-0.05, 0) is 70.2 Å². The number of piperidine rings is 2. The van der Waals surface area contributed by atoms with Crippen molar-refractivity contribution in [2.24, 2.45) is 10.8 Å². The lowest BCUT2D eigenvalue weighted by molar-refractivity contribution is -0.146. The van der Waals surface area contributed by atoms with E-state index in [0.29, 0.717) is 37.1 Å². The van der Waals surface area contributed by atoms with Crippen LogP contribution in [0.5, 0.6) is 0 Å². The zero-order valence-electron chi connectivity index (χ0n) is 35.6. The lowest BCUT2D eigenvalue weighted by Gasteiger charge is -2.53. The molecule has 0 aromatic heterocycles. The highest BCUT2D eigenvalue weighted by Crippen LogP contribution is 2.69. The van der Waals surface area contributed by atoms with E-state index in [1.54, 1.807) is 0 Å². The molecule has 6 heteroatoms. The zero-order chi connectivity index (χ0) is 42.5. The van der Waals surface area contributed by atoms with E-state index in [9.17, 15) is 19.8 Å². The maximum atomic E-state index is 14.6. The average molecular weight is 819 g/mol. The SMILES string of the molecule is C[C@@]12CN3CCc4ccccc4[C@H]3[C@@](c3ccccc3)(C1)C(=O)[C@]2(O)c1ccccc1.C[C@]12CN3CCc4ccccc4[C@@H]3[C@](c3ccccc3)(C1)C(=O)[C@@]2(O)c1ccccc1. The molecule has 2 N–H and O–H groups in total. The Morgan fingerprint density at radius 1 is 0.435 bits per heavy atom. The first kappa shape index (κ1) is 39.4. The molecule has 6 aromatic carbocycles. The van der Waals surface area contributed by atoms with E-state index >= 15 is 0 Å². The summed E-state index contributed by atoms with van der Waals surface area (Å²) in [5.74, 6) is -0.104. The number of ketones is 2. The molecule has 12 rings (SSSR count). The van der Waals surface area contributed by atoms with Crippen molar-refractivity contribution in [3.8, 4) is 0 Å². The molecule has 4 aliphatic heterocycles. The number of carbonyl (C=O) groups is 2. The Bertz CT molecular complexity index is 2510.